The number of ether oxygens (including phenoxy) is 1. The lowest BCUT2D eigenvalue weighted by molar-refractivity contribution is -0.128. The number of piperidine rings is 1. The van der Waals surface area contributed by atoms with E-state index in [-0.39, 0.29) is 31.0 Å². The van der Waals surface area contributed by atoms with Gasteiger partial charge >= 0.3 is 0 Å². The highest BCUT2D eigenvalue weighted by Gasteiger charge is 2.22. The van der Waals surface area contributed by atoms with Crippen LogP contribution in [0.3, 0.4) is 0 Å². The highest BCUT2D eigenvalue weighted by molar-refractivity contribution is 5.85. The van der Waals surface area contributed by atoms with Gasteiger partial charge in [-0.1, -0.05) is 6.08 Å². The molecule has 1 amide bonds. The first-order valence-electron chi connectivity index (χ1n) is 10.0. The van der Waals surface area contributed by atoms with E-state index in [1.165, 1.54) is 11.1 Å². The monoisotopic (exact) mass is 420 g/mol. The second-order valence-electron chi connectivity index (χ2n) is 7.49. The van der Waals surface area contributed by atoms with E-state index in [1.807, 2.05) is 11.1 Å². The van der Waals surface area contributed by atoms with Gasteiger partial charge in [-0.25, -0.2) is 4.98 Å². The van der Waals surface area contributed by atoms with Crippen LogP contribution in [-0.2, 0) is 9.53 Å². The molecule has 0 spiro atoms. The number of hydrogen-bond donors (Lipinski definition) is 1. The molecule has 0 aromatic carbocycles. The van der Waals surface area contributed by atoms with Crippen molar-refractivity contribution in [2.24, 2.45) is 0 Å². The number of amides is 1. The largest absolute Gasteiger partial charge is 0.394 e. The lowest BCUT2D eigenvalue weighted by atomic mass is 10.0. The van der Waals surface area contributed by atoms with Crippen molar-refractivity contribution in [2.45, 2.75) is 32.3 Å². The number of pyridine rings is 1. The average Bonchev–Trinajstić information content (AvgIpc) is 3.16. The molecule has 1 fully saturated rings. The Bertz CT molecular complexity index is 874. The molecule has 2 aliphatic rings. The second kappa shape index (κ2) is 9.61. The zero-order valence-electron chi connectivity index (χ0n) is 16.8. The molecule has 4 rings (SSSR count). The van der Waals surface area contributed by atoms with Crippen LogP contribution in [-0.4, -0.2) is 70.8 Å². The van der Waals surface area contributed by atoms with E-state index >= 15 is 0 Å². The number of rotatable bonds is 5. The first kappa shape index (κ1) is 21.6. The van der Waals surface area contributed by atoms with E-state index in [0.29, 0.717) is 13.2 Å². The Morgan fingerprint density at radius 1 is 1.31 bits per heavy atom. The molecule has 29 heavy (non-hydrogen) atoms. The third kappa shape index (κ3) is 4.74. The molecule has 1 N–H and O–H groups in total. The Morgan fingerprint density at radius 3 is 2.76 bits per heavy atom. The van der Waals surface area contributed by atoms with Gasteiger partial charge in [-0.15, -0.1) is 12.4 Å². The van der Waals surface area contributed by atoms with Gasteiger partial charge in [0.1, 0.15) is 11.5 Å². The number of fused-ring (bicyclic) bond motifs is 1. The molecule has 2 aliphatic heterocycles. The minimum Gasteiger partial charge on any atom is -0.394 e. The molecule has 0 aliphatic carbocycles. The summed E-state index contributed by atoms with van der Waals surface area (Å²) in [6, 6.07) is 4.28. The quantitative estimate of drug-likeness (QED) is 0.804. The fraction of sp³-hybridized carbons (Fsp3) is 0.524. The molecule has 0 bridgehead atoms. The van der Waals surface area contributed by atoms with Crippen molar-refractivity contribution in [3.63, 3.8) is 0 Å². The van der Waals surface area contributed by atoms with E-state index in [9.17, 15) is 4.79 Å². The van der Waals surface area contributed by atoms with E-state index < -0.39 is 0 Å². The fourth-order valence-corrected chi connectivity index (χ4v) is 4.09. The van der Waals surface area contributed by atoms with Gasteiger partial charge in [-0.05, 0) is 42.5 Å². The number of nitrogens with zero attached hydrogens (tertiary/aromatic N) is 4. The molecule has 158 valence electrons. The minimum atomic E-state index is 0. The van der Waals surface area contributed by atoms with Crippen molar-refractivity contribution < 1.29 is 14.6 Å². The van der Waals surface area contributed by atoms with Gasteiger partial charge in [-0.2, -0.15) is 0 Å². The maximum absolute atomic E-state index is 11.5. The number of aliphatic hydroxyl groups is 1. The number of carbonyl (C=O) groups excluding carboxylic acids is 1. The van der Waals surface area contributed by atoms with Crippen molar-refractivity contribution in [1.82, 2.24) is 14.3 Å². The van der Waals surface area contributed by atoms with Gasteiger partial charge in [0, 0.05) is 39.3 Å². The highest BCUT2D eigenvalue weighted by Crippen LogP contribution is 2.27. The number of carbonyl (C=O) groups is 1. The van der Waals surface area contributed by atoms with Crippen LogP contribution >= 0.6 is 12.4 Å². The smallest absolute Gasteiger partial charge is 0.219 e. The Balaban J connectivity index is 0.00000240. The van der Waals surface area contributed by atoms with Gasteiger partial charge < -0.3 is 19.6 Å². The maximum atomic E-state index is 11.5. The topological polar surface area (TPSA) is 70.3 Å². The molecule has 4 heterocycles. The third-order valence-corrected chi connectivity index (χ3v) is 5.73. The van der Waals surface area contributed by atoms with Crippen molar-refractivity contribution in [3.8, 4) is 0 Å². The van der Waals surface area contributed by atoms with Gasteiger partial charge in [-0.3, -0.25) is 9.20 Å². The standard InChI is InChI=1S/C21H28N4O3.ClH/c1-16(27)23-7-2-17(3-8-23)18-4-11-25-20(14-18)22-15-21(25)24-9-5-19(6-10-24)28-13-12-26;/h2,4,11,14-15,19,26H,3,5-10,12-13H2,1H3;1H. The molecule has 7 nitrogen and oxygen atoms in total. The summed E-state index contributed by atoms with van der Waals surface area (Å²) in [4.78, 5) is 20.3. The number of anilines is 1. The summed E-state index contributed by atoms with van der Waals surface area (Å²) in [6.45, 7) is 5.44. The van der Waals surface area contributed by atoms with Crippen molar-refractivity contribution in [2.75, 3.05) is 44.3 Å². The van der Waals surface area contributed by atoms with Gasteiger partial charge in [0.25, 0.3) is 0 Å². The zero-order valence-corrected chi connectivity index (χ0v) is 17.6. The molecule has 1 saturated heterocycles. The molecule has 2 aromatic heterocycles. The number of aromatic nitrogens is 2. The van der Waals surface area contributed by atoms with Gasteiger partial charge in [0.2, 0.25) is 5.91 Å². The van der Waals surface area contributed by atoms with Crippen molar-refractivity contribution >= 4 is 35.4 Å². The summed E-state index contributed by atoms with van der Waals surface area (Å²) >= 11 is 0. The Labute approximate surface area is 177 Å². The van der Waals surface area contributed by atoms with E-state index in [0.717, 1.165) is 50.4 Å². The van der Waals surface area contributed by atoms with Crippen LogP contribution in [0.25, 0.3) is 11.2 Å². The molecule has 0 atom stereocenters. The lowest BCUT2D eigenvalue weighted by Gasteiger charge is -2.32. The average molecular weight is 421 g/mol. The van der Waals surface area contributed by atoms with Crippen LogP contribution in [0.2, 0.25) is 0 Å². The van der Waals surface area contributed by atoms with E-state index in [2.05, 4.69) is 38.7 Å². The van der Waals surface area contributed by atoms with E-state index in [4.69, 9.17) is 9.84 Å². The maximum Gasteiger partial charge on any atom is 0.219 e. The normalized spacial score (nSPS) is 17.9. The number of imidazole rings is 1. The molecular weight excluding hydrogens is 392 g/mol. The lowest BCUT2D eigenvalue weighted by Crippen LogP contribution is -2.38. The summed E-state index contributed by atoms with van der Waals surface area (Å²) in [5.74, 6) is 1.25. The van der Waals surface area contributed by atoms with Crippen molar-refractivity contribution in [1.29, 1.82) is 0 Å². The Morgan fingerprint density at radius 2 is 2.10 bits per heavy atom. The molecule has 0 radical (unpaired) electrons. The van der Waals surface area contributed by atoms with Crippen LogP contribution < -0.4 is 4.90 Å². The Kier molecular flexibility index (Phi) is 7.16. The summed E-state index contributed by atoms with van der Waals surface area (Å²) < 4.78 is 7.80. The SMILES string of the molecule is CC(=O)N1CC=C(c2ccn3c(N4CCC(OCCO)CC4)cnc3c2)CC1.Cl. The Hall–Kier alpha value is -2.09. The summed E-state index contributed by atoms with van der Waals surface area (Å²) in [5.41, 5.74) is 3.41. The van der Waals surface area contributed by atoms with Gasteiger partial charge in [0.15, 0.2) is 0 Å². The first-order valence-corrected chi connectivity index (χ1v) is 10.0. The molecular formula is C21H29ClN4O3. The van der Waals surface area contributed by atoms with Crippen LogP contribution in [0.1, 0.15) is 31.7 Å². The summed E-state index contributed by atoms with van der Waals surface area (Å²) in [7, 11) is 0. The number of aliphatic hydroxyl groups excluding tert-OH is 1. The van der Waals surface area contributed by atoms with Crippen LogP contribution in [0.15, 0.2) is 30.6 Å². The van der Waals surface area contributed by atoms with Crippen molar-refractivity contribution in [3.05, 3.63) is 36.2 Å². The first-order chi connectivity index (χ1) is 13.7. The fourth-order valence-electron chi connectivity index (χ4n) is 4.09. The predicted octanol–water partition coefficient (Wildman–Crippen LogP) is 2.37. The van der Waals surface area contributed by atoms with E-state index in [1.54, 1.807) is 6.92 Å². The third-order valence-electron chi connectivity index (χ3n) is 5.73. The van der Waals surface area contributed by atoms with Gasteiger partial charge in [0.05, 0.1) is 25.5 Å². The minimum absolute atomic E-state index is 0. The number of halogens is 1. The second-order valence-corrected chi connectivity index (χ2v) is 7.49. The molecule has 8 heteroatoms. The summed E-state index contributed by atoms with van der Waals surface area (Å²) in [5, 5.41) is 8.90. The van der Waals surface area contributed by atoms with Crippen LogP contribution in [0.4, 0.5) is 5.82 Å². The van der Waals surface area contributed by atoms with Crippen LogP contribution in [0.5, 0.6) is 0 Å². The number of hydrogen-bond acceptors (Lipinski definition) is 5. The van der Waals surface area contributed by atoms with Crippen LogP contribution in [0, 0.1) is 0 Å². The zero-order chi connectivity index (χ0) is 19.5. The summed E-state index contributed by atoms with van der Waals surface area (Å²) in [6.07, 6.45) is 9.24. The predicted molar refractivity (Wildman–Crippen MR) is 116 cm³/mol. The molecule has 0 unspecified atom stereocenters. The molecule has 0 saturated carbocycles. The highest BCUT2D eigenvalue weighted by atomic mass is 35.5. The molecule has 2 aromatic rings.